The normalized spacial score (nSPS) is 11.8. The summed E-state index contributed by atoms with van der Waals surface area (Å²) in [5.41, 5.74) is 2.02. The number of nitrogens with zero attached hydrogens (tertiary/aromatic N) is 2. The fraction of sp³-hybridized carbons (Fsp3) is 0.212. The number of carbonyl (C=O) groups excluding carboxylic acids is 2. The number of hydrogen-bond donors (Lipinski definition) is 1. The first-order chi connectivity index (χ1) is 20.6. The van der Waals surface area contributed by atoms with Crippen molar-refractivity contribution in [3.8, 4) is 5.75 Å². The number of likely N-dealkylation sites (N-methyl/N-ethyl adjacent to an activating group) is 1. The average Bonchev–Trinajstić information content (AvgIpc) is 3.02. The molecule has 224 valence electrons. The van der Waals surface area contributed by atoms with Crippen molar-refractivity contribution in [2.45, 2.75) is 30.8 Å². The lowest BCUT2D eigenvalue weighted by Crippen LogP contribution is -2.53. The third-order valence-corrected chi connectivity index (χ3v) is 8.79. The Hall–Kier alpha value is -4.70. The van der Waals surface area contributed by atoms with Gasteiger partial charge in [0.05, 0.1) is 17.7 Å². The minimum absolute atomic E-state index is 0.0311. The van der Waals surface area contributed by atoms with Crippen molar-refractivity contribution in [1.29, 1.82) is 0 Å². The predicted molar refractivity (Wildman–Crippen MR) is 164 cm³/mol. The van der Waals surface area contributed by atoms with Crippen molar-refractivity contribution in [3.05, 3.63) is 126 Å². The van der Waals surface area contributed by atoms with Gasteiger partial charge in [-0.2, -0.15) is 0 Å². The molecule has 1 N–H and O–H groups in total. The van der Waals surface area contributed by atoms with Gasteiger partial charge in [0.2, 0.25) is 11.8 Å². The third-order valence-electron chi connectivity index (χ3n) is 7.01. The maximum Gasteiger partial charge on any atom is 0.264 e. The highest BCUT2D eigenvalue weighted by atomic mass is 32.2. The van der Waals surface area contributed by atoms with E-state index in [0.717, 1.165) is 21.5 Å². The molecule has 0 aromatic heterocycles. The van der Waals surface area contributed by atoms with Gasteiger partial charge in [-0.05, 0) is 54.4 Å². The first-order valence-corrected chi connectivity index (χ1v) is 15.1. The van der Waals surface area contributed by atoms with Crippen LogP contribution >= 0.6 is 0 Å². The minimum Gasteiger partial charge on any atom is -0.497 e. The van der Waals surface area contributed by atoms with E-state index in [1.807, 2.05) is 37.3 Å². The molecule has 0 fully saturated rings. The number of anilines is 1. The molecule has 0 saturated heterocycles. The molecule has 0 aliphatic rings. The van der Waals surface area contributed by atoms with Crippen LogP contribution in [0, 0.1) is 12.7 Å². The molecule has 1 atom stereocenters. The quantitative estimate of drug-likeness (QED) is 0.253. The number of methoxy groups -OCH3 is 1. The second-order valence-electron chi connectivity index (χ2n) is 9.97. The molecule has 0 radical (unpaired) electrons. The van der Waals surface area contributed by atoms with Crippen molar-refractivity contribution in [2.75, 3.05) is 25.0 Å². The van der Waals surface area contributed by atoms with Crippen LogP contribution in [-0.4, -0.2) is 51.9 Å². The molecule has 43 heavy (non-hydrogen) atoms. The Morgan fingerprint density at radius 1 is 0.884 bits per heavy atom. The van der Waals surface area contributed by atoms with Crippen molar-refractivity contribution >= 4 is 27.5 Å². The van der Waals surface area contributed by atoms with Crippen LogP contribution in [0.4, 0.5) is 10.1 Å². The Balaban J connectivity index is 1.80. The smallest absolute Gasteiger partial charge is 0.264 e. The molecular weight excluding hydrogens is 569 g/mol. The zero-order valence-electron chi connectivity index (χ0n) is 24.2. The Bertz CT molecular complexity index is 1660. The first kappa shape index (κ1) is 31.2. The van der Waals surface area contributed by atoms with Crippen LogP contribution in [0.3, 0.4) is 0 Å². The molecule has 0 spiro atoms. The number of nitrogens with one attached hydrogen (secondary N) is 1. The van der Waals surface area contributed by atoms with Crippen LogP contribution in [-0.2, 0) is 32.6 Å². The standard InChI is InChI=1S/C33H34FN3O5S/c1-24-16-18-28(19-17-24)43(40,41)37(30-15-8-7-14-29(30)34)23-32(38)36(22-26-12-9-13-27(20-26)42-3)31(33(39)35-2)21-25-10-5-4-6-11-25/h4-20,31H,21-23H2,1-3H3,(H,35,39)/t31-/m1/s1. The van der Waals surface area contributed by atoms with Gasteiger partial charge in [0.25, 0.3) is 10.0 Å². The molecule has 0 bridgehead atoms. The second kappa shape index (κ2) is 14.0. The number of carbonyl (C=O) groups is 2. The molecule has 4 rings (SSSR count). The SMILES string of the molecule is CNC(=O)[C@@H](Cc1ccccc1)N(Cc1cccc(OC)c1)C(=O)CN(c1ccccc1F)S(=O)(=O)c1ccc(C)cc1. The summed E-state index contributed by atoms with van der Waals surface area (Å²) in [6, 6.07) is 26.7. The van der Waals surface area contributed by atoms with Gasteiger partial charge in [-0.15, -0.1) is 0 Å². The summed E-state index contributed by atoms with van der Waals surface area (Å²) in [6.45, 7) is 1.04. The highest BCUT2D eigenvalue weighted by Crippen LogP contribution is 2.27. The van der Waals surface area contributed by atoms with Gasteiger partial charge in [0.1, 0.15) is 24.2 Å². The number of amides is 2. The van der Waals surface area contributed by atoms with Gasteiger partial charge in [0, 0.05) is 20.0 Å². The highest BCUT2D eigenvalue weighted by molar-refractivity contribution is 7.92. The third kappa shape index (κ3) is 7.58. The predicted octanol–water partition coefficient (Wildman–Crippen LogP) is 4.72. The van der Waals surface area contributed by atoms with E-state index in [0.29, 0.717) is 11.3 Å². The Kier molecular flexibility index (Phi) is 10.2. The summed E-state index contributed by atoms with van der Waals surface area (Å²) in [6.07, 6.45) is 0.167. The molecule has 0 heterocycles. The van der Waals surface area contributed by atoms with Crippen LogP contribution in [0.5, 0.6) is 5.75 Å². The van der Waals surface area contributed by atoms with Crippen LogP contribution in [0.15, 0.2) is 108 Å². The lowest BCUT2D eigenvalue weighted by atomic mass is 10.0. The fourth-order valence-corrected chi connectivity index (χ4v) is 6.11. The molecule has 4 aromatic rings. The molecule has 0 saturated carbocycles. The van der Waals surface area contributed by atoms with Gasteiger partial charge in [-0.1, -0.05) is 72.3 Å². The second-order valence-corrected chi connectivity index (χ2v) is 11.8. The Labute approximate surface area is 251 Å². The maximum atomic E-state index is 15.2. The van der Waals surface area contributed by atoms with E-state index in [4.69, 9.17) is 4.74 Å². The van der Waals surface area contributed by atoms with E-state index in [1.165, 1.54) is 49.4 Å². The lowest BCUT2D eigenvalue weighted by molar-refractivity contribution is -0.139. The number of benzene rings is 4. The van der Waals surface area contributed by atoms with E-state index in [1.54, 1.807) is 36.4 Å². The zero-order valence-corrected chi connectivity index (χ0v) is 25.1. The number of hydrogen-bond acceptors (Lipinski definition) is 5. The van der Waals surface area contributed by atoms with Gasteiger partial charge >= 0.3 is 0 Å². The molecule has 10 heteroatoms. The van der Waals surface area contributed by atoms with E-state index in [2.05, 4.69) is 5.32 Å². The molecule has 0 aliphatic heterocycles. The van der Waals surface area contributed by atoms with Crippen LogP contribution in [0.1, 0.15) is 16.7 Å². The van der Waals surface area contributed by atoms with Gasteiger partial charge in [-0.25, -0.2) is 12.8 Å². The molecule has 0 aliphatic carbocycles. The van der Waals surface area contributed by atoms with Crippen LogP contribution in [0.25, 0.3) is 0 Å². The topological polar surface area (TPSA) is 96.0 Å². The van der Waals surface area contributed by atoms with Gasteiger partial charge in [-0.3, -0.25) is 13.9 Å². The molecule has 0 unspecified atom stereocenters. The van der Waals surface area contributed by atoms with Crippen LogP contribution < -0.4 is 14.4 Å². The first-order valence-electron chi connectivity index (χ1n) is 13.7. The van der Waals surface area contributed by atoms with E-state index >= 15 is 4.39 Å². The monoisotopic (exact) mass is 603 g/mol. The molecule has 8 nitrogen and oxygen atoms in total. The van der Waals surface area contributed by atoms with Crippen molar-refractivity contribution < 1.29 is 27.1 Å². The summed E-state index contributed by atoms with van der Waals surface area (Å²) < 4.78 is 49.1. The summed E-state index contributed by atoms with van der Waals surface area (Å²) in [5, 5.41) is 2.64. The van der Waals surface area contributed by atoms with Gasteiger partial charge in [0.15, 0.2) is 0 Å². The highest BCUT2D eigenvalue weighted by Gasteiger charge is 2.35. The van der Waals surface area contributed by atoms with Crippen molar-refractivity contribution in [1.82, 2.24) is 10.2 Å². The largest absolute Gasteiger partial charge is 0.497 e. The number of aryl methyl sites for hydroxylation is 1. The summed E-state index contributed by atoms with van der Waals surface area (Å²) in [5.74, 6) is -1.37. The summed E-state index contributed by atoms with van der Waals surface area (Å²) in [7, 11) is -1.40. The number of rotatable bonds is 12. The Morgan fingerprint density at radius 2 is 1.53 bits per heavy atom. The minimum atomic E-state index is -4.39. The molecular formula is C33H34FN3O5S. The molecule has 4 aromatic carbocycles. The number of para-hydroxylation sites is 1. The maximum absolute atomic E-state index is 15.2. The van der Waals surface area contributed by atoms with Gasteiger partial charge < -0.3 is 15.0 Å². The average molecular weight is 604 g/mol. The molecule has 2 amide bonds. The zero-order chi connectivity index (χ0) is 31.0. The van der Waals surface area contributed by atoms with Crippen LogP contribution in [0.2, 0.25) is 0 Å². The lowest BCUT2D eigenvalue weighted by Gasteiger charge is -2.33. The Morgan fingerprint density at radius 3 is 2.19 bits per heavy atom. The van der Waals surface area contributed by atoms with E-state index in [9.17, 15) is 18.0 Å². The van der Waals surface area contributed by atoms with Crippen molar-refractivity contribution in [2.24, 2.45) is 0 Å². The van der Waals surface area contributed by atoms with E-state index in [-0.39, 0.29) is 23.5 Å². The number of ether oxygens (including phenoxy) is 1. The van der Waals surface area contributed by atoms with Crippen molar-refractivity contribution in [3.63, 3.8) is 0 Å². The fourth-order valence-electron chi connectivity index (χ4n) is 4.69. The number of halogens is 1. The summed E-state index contributed by atoms with van der Waals surface area (Å²) in [4.78, 5) is 28.8. The summed E-state index contributed by atoms with van der Waals surface area (Å²) >= 11 is 0. The number of sulfonamides is 1. The van der Waals surface area contributed by atoms with E-state index < -0.39 is 40.2 Å².